The van der Waals surface area contributed by atoms with E-state index in [0.717, 1.165) is 18.4 Å². The Hall–Kier alpha value is -2.24. The zero-order chi connectivity index (χ0) is 12.7. The van der Waals surface area contributed by atoms with Crippen LogP contribution in [0.3, 0.4) is 0 Å². The van der Waals surface area contributed by atoms with Crippen LogP contribution in [0.5, 0.6) is 0 Å². The van der Waals surface area contributed by atoms with E-state index in [-0.39, 0.29) is 11.5 Å². The standard InChI is InChI=1S/C12H12N4O2/c1-16-6-8(4-14-16)11-13-5-9(12(17)18)10(15-11)7-2-3-7/h4-7H,2-3H2,1H3,(H,17,18). The molecule has 0 unspecified atom stereocenters. The van der Waals surface area contributed by atoms with Crippen LogP contribution in [-0.2, 0) is 7.05 Å². The Labute approximate surface area is 103 Å². The quantitative estimate of drug-likeness (QED) is 0.883. The van der Waals surface area contributed by atoms with Gasteiger partial charge in [-0.2, -0.15) is 5.10 Å². The number of hydrogen-bond acceptors (Lipinski definition) is 4. The minimum Gasteiger partial charge on any atom is -0.478 e. The van der Waals surface area contributed by atoms with Crippen LogP contribution in [0.4, 0.5) is 0 Å². The Morgan fingerprint density at radius 2 is 2.22 bits per heavy atom. The van der Waals surface area contributed by atoms with Gasteiger partial charge in [-0.3, -0.25) is 4.68 Å². The SMILES string of the molecule is Cn1cc(-c2ncc(C(=O)O)c(C3CC3)n2)cn1. The van der Waals surface area contributed by atoms with Crippen LogP contribution in [0.15, 0.2) is 18.6 Å². The van der Waals surface area contributed by atoms with Crippen molar-refractivity contribution in [2.24, 2.45) is 7.05 Å². The number of carboxylic acids is 1. The molecule has 6 heteroatoms. The van der Waals surface area contributed by atoms with E-state index < -0.39 is 5.97 Å². The fourth-order valence-corrected chi connectivity index (χ4v) is 1.90. The van der Waals surface area contributed by atoms with E-state index in [2.05, 4.69) is 15.1 Å². The lowest BCUT2D eigenvalue weighted by molar-refractivity contribution is 0.0694. The Kier molecular flexibility index (Phi) is 2.36. The molecule has 0 radical (unpaired) electrons. The minimum atomic E-state index is -0.963. The number of hydrogen-bond donors (Lipinski definition) is 1. The molecule has 2 aromatic heterocycles. The van der Waals surface area contributed by atoms with Crippen molar-refractivity contribution in [2.45, 2.75) is 18.8 Å². The second kappa shape index (κ2) is 3.90. The summed E-state index contributed by atoms with van der Waals surface area (Å²) in [5.41, 5.74) is 1.66. The monoisotopic (exact) mass is 244 g/mol. The Morgan fingerprint density at radius 1 is 1.44 bits per heavy atom. The van der Waals surface area contributed by atoms with Gasteiger partial charge in [0.15, 0.2) is 5.82 Å². The van der Waals surface area contributed by atoms with Crippen molar-refractivity contribution in [3.8, 4) is 11.4 Å². The Bertz CT molecular complexity index is 616. The van der Waals surface area contributed by atoms with Crippen molar-refractivity contribution in [3.63, 3.8) is 0 Å². The number of aryl methyl sites for hydroxylation is 1. The van der Waals surface area contributed by atoms with Gasteiger partial charge in [0.1, 0.15) is 0 Å². The van der Waals surface area contributed by atoms with E-state index >= 15 is 0 Å². The summed E-state index contributed by atoms with van der Waals surface area (Å²) in [5.74, 6) is -0.154. The first-order valence-electron chi connectivity index (χ1n) is 5.74. The number of rotatable bonds is 3. The first-order valence-corrected chi connectivity index (χ1v) is 5.74. The van der Waals surface area contributed by atoms with Gasteiger partial charge in [-0.1, -0.05) is 0 Å². The molecule has 0 bridgehead atoms. The number of aromatic carboxylic acids is 1. The van der Waals surface area contributed by atoms with Gasteiger partial charge in [0, 0.05) is 25.4 Å². The molecule has 1 aliphatic rings. The molecule has 0 aliphatic heterocycles. The summed E-state index contributed by atoms with van der Waals surface area (Å²) in [6, 6.07) is 0. The molecule has 2 aromatic rings. The largest absolute Gasteiger partial charge is 0.478 e. The lowest BCUT2D eigenvalue weighted by Crippen LogP contribution is -2.06. The molecule has 1 N–H and O–H groups in total. The van der Waals surface area contributed by atoms with Gasteiger partial charge in [-0.25, -0.2) is 14.8 Å². The molecule has 1 aliphatic carbocycles. The van der Waals surface area contributed by atoms with Crippen LogP contribution >= 0.6 is 0 Å². The number of carboxylic acid groups (broad SMARTS) is 1. The second-order valence-corrected chi connectivity index (χ2v) is 4.47. The van der Waals surface area contributed by atoms with E-state index in [1.165, 1.54) is 6.20 Å². The lowest BCUT2D eigenvalue weighted by Gasteiger charge is -2.04. The highest BCUT2D eigenvalue weighted by atomic mass is 16.4. The fraction of sp³-hybridized carbons (Fsp3) is 0.333. The van der Waals surface area contributed by atoms with E-state index in [1.54, 1.807) is 10.9 Å². The summed E-state index contributed by atoms with van der Waals surface area (Å²) in [7, 11) is 1.82. The summed E-state index contributed by atoms with van der Waals surface area (Å²) >= 11 is 0. The maximum atomic E-state index is 11.1. The molecular formula is C12H12N4O2. The molecule has 1 fully saturated rings. The highest BCUT2D eigenvalue weighted by Gasteiger charge is 2.30. The average molecular weight is 244 g/mol. The van der Waals surface area contributed by atoms with E-state index in [1.807, 2.05) is 13.2 Å². The lowest BCUT2D eigenvalue weighted by atomic mass is 10.1. The topological polar surface area (TPSA) is 80.9 Å². The fourth-order valence-electron chi connectivity index (χ4n) is 1.90. The van der Waals surface area contributed by atoms with Gasteiger partial charge in [-0.15, -0.1) is 0 Å². The van der Waals surface area contributed by atoms with Crippen LogP contribution in [0.1, 0.15) is 34.8 Å². The third-order valence-electron chi connectivity index (χ3n) is 2.98. The first kappa shape index (κ1) is 10.9. The van der Waals surface area contributed by atoms with Crippen molar-refractivity contribution in [2.75, 3.05) is 0 Å². The van der Waals surface area contributed by atoms with Gasteiger partial charge in [0.05, 0.1) is 23.0 Å². The van der Waals surface area contributed by atoms with Gasteiger partial charge in [-0.05, 0) is 12.8 Å². The maximum absolute atomic E-state index is 11.1. The molecule has 0 spiro atoms. The highest BCUT2D eigenvalue weighted by molar-refractivity contribution is 5.89. The molecule has 0 atom stereocenters. The molecule has 92 valence electrons. The molecular weight excluding hydrogens is 232 g/mol. The second-order valence-electron chi connectivity index (χ2n) is 4.47. The predicted octanol–water partition coefficient (Wildman–Crippen LogP) is 1.45. The van der Waals surface area contributed by atoms with Gasteiger partial charge >= 0.3 is 5.97 Å². The minimum absolute atomic E-state index is 0.213. The molecule has 0 amide bonds. The van der Waals surface area contributed by atoms with E-state index in [9.17, 15) is 4.79 Å². The van der Waals surface area contributed by atoms with Crippen molar-refractivity contribution in [1.29, 1.82) is 0 Å². The molecule has 3 rings (SSSR count). The van der Waals surface area contributed by atoms with Crippen molar-refractivity contribution in [1.82, 2.24) is 19.7 Å². The van der Waals surface area contributed by atoms with Crippen molar-refractivity contribution < 1.29 is 9.90 Å². The van der Waals surface area contributed by atoms with Gasteiger partial charge < -0.3 is 5.11 Å². The molecule has 2 heterocycles. The van der Waals surface area contributed by atoms with Crippen LogP contribution in [-0.4, -0.2) is 30.8 Å². The summed E-state index contributed by atoms with van der Waals surface area (Å²) < 4.78 is 1.67. The van der Waals surface area contributed by atoms with E-state index in [0.29, 0.717) is 11.5 Å². The molecule has 0 aromatic carbocycles. The molecule has 6 nitrogen and oxygen atoms in total. The van der Waals surface area contributed by atoms with Crippen molar-refractivity contribution in [3.05, 3.63) is 29.8 Å². The summed E-state index contributed by atoms with van der Waals surface area (Å²) in [4.78, 5) is 19.6. The molecule has 1 saturated carbocycles. The summed E-state index contributed by atoms with van der Waals surface area (Å²) in [6.45, 7) is 0. The Balaban J connectivity index is 2.07. The third-order valence-corrected chi connectivity index (χ3v) is 2.98. The van der Waals surface area contributed by atoms with Gasteiger partial charge in [0.2, 0.25) is 0 Å². The normalized spacial score (nSPS) is 14.7. The van der Waals surface area contributed by atoms with Crippen LogP contribution in [0, 0.1) is 0 Å². The first-order chi connectivity index (χ1) is 8.65. The predicted molar refractivity (Wildman–Crippen MR) is 63.2 cm³/mol. The van der Waals surface area contributed by atoms with Crippen LogP contribution in [0.25, 0.3) is 11.4 Å². The van der Waals surface area contributed by atoms with E-state index in [4.69, 9.17) is 5.11 Å². The third kappa shape index (κ3) is 1.85. The number of nitrogens with zero attached hydrogens (tertiary/aromatic N) is 4. The summed E-state index contributed by atoms with van der Waals surface area (Å²) in [6.07, 6.45) is 6.89. The molecule has 18 heavy (non-hydrogen) atoms. The number of carbonyl (C=O) groups is 1. The zero-order valence-electron chi connectivity index (χ0n) is 9.87. The zero-order valence-corrected chi connectivity index (χ0v) is 9.87. The smallest absolute Gasteiger partial charge is 0.339 e. The van der Waals surface area contributed by atoms with Crippen molar-refractivity contribution >= 4 is 5.97 Å². The molecule has 0 saturated heterocycles. The highest BCUT2D eigenvalue weighted by Crippen LogP contribution is 2.40. The van der Waals surface area contributed by atoms with Crippen LogP contribution in [0.2, 0.25) is 0 Å². The maximum Gasteiger partial charge on any atom is 0.339 e. The van der Waals surface area contributed by atoms with Gasteiger partial charge in [0.25, 0.3) is 0 Å². The summed E-state index contributed by atoms with van der Waals surface area (Å²) in [5, 5.41) is 13.2. The average Bonchev–Trinajstić information content (AvgIpc) is 3.11. The number of aromatic nitrogens is 4. The Morgan fingerprint density at radius 3 is 2.78 bits per heavy atom. The van der Waals surface area contributed by atoms with Crippen LogP contribution < -0.4 is 0 Å².